The van der Waals surface area contributed by atoms with E-state index in [9.17, 15) is 4.79 Å². The van der Waals surface area contributed by atoms with Crippen LogP contribution in [-0.2, 0) is 6.42 Å². The van der Waals surface area contributed by atoms with Gasteiger partial charge in [-0.15, -0.1) is 0 Å². The molecule has 1 unspecified atom stereocenters. The standard InChI is InChI=1S/C16H16O/c1-10-3-5-12-7-8-13-6-4-11(2)16(17)15(13)14(12)9-10/h3,5,7-9,11H,4,6H2,1-2H3. The summed E-state index contributed by atoms with van der Waals surface area (Å²) >= 11 is 0. The first-order valence-corrected chi connectivity index (χ1v) is 6.23. The van der Waals surface area contributed by atoms with Crippen molar-refractivity contribution in [1.29, 1.82) is 0 Å². The van der Waals surface area contributed by atoms with Crippen LogP contribution in [0.25, 0.3) is 10.8 Å². The fourth-order valence-electron chi connectivity index (χ4n) is 2.73. The van der Waals surface area contributed by atoms with Gasteiger partial charge in [0.15, 0.2) is 5.78 Å². The second kappa shape index (κ2) is 3.69. The summed E-state index contributed by atoms with van der Waals surface area (Å²) in [5.74, 6) is 0.496. The van der Waals surface area contributed by atoms with Crippen molar-refractivity contribution < 1.29 is 4.79 Å². The highest BCUT2D eigenvalue weighted by atomic mass is 16.1. The lowest BCUT2D eigenvalue weighted by Gasteiger charge is -2.22. The molecule has 0 saturated heterocycles. The third-order valence-electron chi connectivity index (χ3n) is 3.80. The molecular formula is C16H16O. The second-order valence-corrected chi connectivity index (χ2v) is 5.13. The van der Waals surface area contributed by atoms with Crippen LogP contribution in [0.3, 0.4) is 0 Å². The first-order valence-electron chi connectivity index (χ1n) is 6.23. The van der Waals surface area contributed by atoms with E-state index in [4.69, 9.17) is 0 Å². The van der Waals surface area contributed by atoms with Gasteiger partial charge in [-0.3, -0.25) is 4.79 Å². The molecule has 1 atom stereocenters. The predicted molar refractivity (Wildman–Crippen MR) is 70.5 cm³/mol. The normalized spacial score (nSPS) is 19.4. The molecule has 1 nitrogen and oxygen atoms in total. The zero-order valence-corrected chi connectivity index (χ0v) is 10.3. The number of hydrogen-bond donors (Lipinski definition) is 0. The highest BCUT2D eigenvalue weighted by Crippen LogP contribution is 2.31. The Hall–Kier alpha value is -1.63. The second-order valence-electron chi connectivity index (χ2n) is 5.13. The van der Waals surface area contributed by atoms with E-state index in [-0.39, 0.29) is 5.92 Å². The molecule has 1 aliphatic rings. The van der Waals surface area contributed by atoms with Gasteiger partial charge in [0, 0.05) is 11.5 Å². The Morgan fingerprint density at radius 3 is 2.76 bits per heavy atom. The summed E-state index contributed by atoms with van der Waals surface area (Å²) in [6.45, 7) is 4.12. The number of carbonyl (C=O) groups excluding carboxylic acids is 1. The van der Waals surface area contributed by atoms with Crippen molar-refractivity contribution in [2.24, 2.45) is 5.92 Å². The minimum Gasteiger partial charge on any atom is -0.294 e. The van der Waals surface area contributed by atoms with Crippen LogP contribution in [0.1, 0.15) is 34.8 Å². The molecule has 2 aromatic rings. The zero-order valence-electron chi connectivity index (χ0n) is 10.3. The molecule has 0 fully saturated rings. The zero-order chi connectivity index (χ0) is 12.0. The summed E-state index contributed by atoms with van der Waals surface area (Å²) in [6, 6.07) is 10.6. The van der Waals surface area contributed by atoms with Crippen molar-refractivity contribution in [3.8, 4) is 0 Å². The molecule has 3 rings (SSSR count). The summed E-state index contributed by atoms with van der Waals surface area (Å²) in [5.41, 5.74) is 3.42. The molecule has 86 valence electrons. The maximum Gasteiger partial charge on any atom is 0.166 e. The van der Waals surface area contributed by atoms with Crippen molar-refractivity contribution >= 4 is 16.6 Å². The largest absolute Gasteiger partial charge is 0.294 e. The number of ketones is 1. The van der Waals surface area contributed by atoms with E-state index >= 15 is 0 Å². The number of aryl methyl sites for hydroxylation is 2. The maximum atomic E-state index is 12.3. The van der Waals surface area contributed by atoms with Crippen LogP contribution >= 0.6 is 0 Å². The van der Waals surface area contributed by atoms with Crippen LogP contribution in [0.5, 0.6) is 0 Å². The Labute approximate surface area is 101 Å². The minimum absolute atomic E-state index is 0.175. The predicted octanol–water partition coefficient (Wildman–Crippen LogP) is 3.91. The summed E-state index contributed by atoms with van der Waals surface area (Å²) in [4.78, 5) is 12.3. The van der Waals surface area contributed by atoms with E-state index in [1.807, 2.05) is 6.92 Å². The molecule has 0 bridgehead atoms. The van der Waals surface area contributed by atoms with Gasteiger partial charge in [0.1, 0.15) is 0 Å². The maximum absolute atomic E-state index is 12.3. The van der Waals surface area contributed by atoms with Gasteiger partial charge in [0.25, 0.3) is 0 Å². The van der Waals surface area contributed by atoms with E-state index < -0.39 is 0 Å². The van der Waals surface area contributed by atoms with Crippen molar-refractivity contribution in [3.05, 3.63) is 47.0 Å². The molecule has 17 heavy (non-hydrogen) atoms. The Bertz CT molecular complexity index is 610. The van der Waals surface area contributed by atoms with Crippen molar-refractivity contribution in [2.45, 2.75) is 26.7 Å². The van der Waals surface area contributed by atoms with E-state index in [1.54, 1.807) is 0 Å². The molecule has 0 spiro atoms. The van der Waals surface area contributed by atoms with Crippen LogP contribution in [0.4, 0.5) is 0 Å². The summed E-state index contributed by atoms with van der Waals surface area (Å²) < 4.78 is 0. The van der Waals surface area contributed by atoms with E-state index in [2.05, 4.69) is 37.3 Å². The summed E-state index contributed by atoms with van der Waals surface area (Å²) in [7, 11) is 0. The van der Waals surface area contributed by atoms with Gasteiger partial charge in [-0.1, -0.05) is 42.8 Å². The van der Waals surface area contributed by atoms with Crippen LogP contribution in [0.15, 0.2) is 30.3 Å². The Morgan fingerprint density at radius 2 is 1.94 bits per heavy atom. The van der Waals surface area contributed by atoms with Crippen molar-refractivity contribution in [3.63, 3.8) is 0 Å². The molecule has 1 heteroatoms. The van der Waals surface area contributed by atoms with Gasteiger partial charge in [-0.25, -0.2) is 0 Å². The molecule has 0 radical (unpaired) electrons. The molecule has 2 aromatic carbocycles. The molecule has 0 heterocycles. The summed E-state index contributed by atoms with van der Waals surface area (Å²) in [5, 5.41) is 2.32. The highest BCUT2D eigenvalue weighted by Gasteiger charge is 2.25. The van der Waals surface area contributed by atoms with Gasteiger partial charge in [-0.2, -0.15) is 0 Å². The van der Waals surface area contributed by atoms with Gasteiger partial charge in [0.05, 0.1) is 0 Å². The number of fused-ring (bicyclic) bond motifs is 3. The van der Waals surface area contributed by atoms with Gasteiger partial charge >= 0.3 is 0 Å². The number of Topliss-reactive ketones (excluding diaryl/α,β-unsaturated/α-hetero) is 1. The average molecular weight is 224 g/mol. The lowest BCUT2D eigenvalue weighted by molar-refractivity contribution is 0.0915. The minimum atomic E-state index is 0.175. The fourth-order valence-corrected chi connectivity index (χ4v) is 2.73. The van der Waals surface area contributed by atoms with E-state index in [0.29, 0.717) is 5.78 Å². The first kappa shape index (κ1) is 10.5. The number of hydrogen-bond acceptors (Lipinski definition) is 1. The Balaban J connectivity index is 2.37. The lowest BCUT2D eigenvalue weighted by atomic mass is 9.81. The average Bonchev–Trinajstić information content (AvgIpc) is 2.33. The van der Waals surface area contributed by atoms with Crippen LogP contribution in [-0.4, -0.2) is 5.78 Å². The Kier molecular flexibility index (Phi) is 2.29. The van der Waals surface area contributed by atoms with E-state index in [0.717, 1.165) is 23.8 Å². The third-order valence-corrected chi connectivity index (χ3v) is 3.80. The van der Waals surface area contributed by atoms with E-state index in [1.165, 1.54) is 16.5 Å². The molecule has 0 amide bonds. The molecule has 0 aliphatic heterocycles. The fraction of sp³-hybridized carbons (Fsp3) is 0.312. The molecule has 0 saturated carbocycles. The summed E-state index contributed by atoms with van der Waals surface area (Å²) in [6.07, 6.45) is 2.02. The van der Waals surface area contributed by atoms with Crippen LogP contribution in [0.2, 0.25) is 0 Å². The molecule has 0 N–H and O–H groups in total. The SMILES string of the molecule is Cc1ccc2ccc3c(c2c1)C(=O)C(C)CC3. The molecular weight excluding hydrogens is 208 g/mol. The van der Waals surface area contributed by atoms with Gasteiger partial charge in [0.2, 0.25) is 0 Å². The van der Waals surface area contributed by atoms with Crippen molar-refractivity contribution in [2.75, 3.05) is 0 Å². The van der Waals surface area contributed by atoms with Gasteiger partial charge < -0.3 is 0 Å². The van der Waals surface area contributed by atoms with Crippen LogP contribution < -0.4 is 0 Å². The highest BCUT2D eigenvalue weighted by molar-refractivity contribution is 6.11. The van der Waals surface area contributed by atoms with Crippen LogP contribution in [0, 0.1) is 12.8 Å². The number of rotatable bonds is 0. The number of carbonyl (C=O) groups is 1. The van der Waals surface area contributed by atoms with Crippen molar-refractivity contribution in [1.82, 2.24) is 0 Å². The third kappa shape index (κ3) is 1.57. The van der Waals surface area contributed by atoms with Gasteiger partial charge in [-0.05, 0) is 36.1 Å². The monoisotopic (exact) mass is 224 g/mol. The molecule has 0 aromatic heterocycles. The number of benzene rings is 2. The lowest BCUT2D eigenvalue weighted by Crippen LogP contribution is -2.20. The Morgan fingerprint density at radius 1 is 1.18 bits per heavy atom. The first-order chi connectivity index (χ1) is 8.16. The quantitative estimate of drug-likeness (QED) is 0.663. The topological polar surface area (TPSA) is 17.1 Å². The smallest absolute Gasteiger partial charge is 0.166 e. The molecule has 1 aliphatic carbocycles.